The van der Waals surface area contributed by atoms with Crippen LogP contribution in [0.25, 0.3) is 0 Å². The number of likely N-dealkylation sites (tertiary alicyclic amines) is 1. The van der Waals surface area contributed by atoms with Crippen molar-refractivity contribution < 1.29 is 5.11 Å². The Morgan fingerprint density at radius 1 is 1.33 bits per heavy atom. The van der Waals surface area contributed by atoms with Crippen LogP contribution in [0.1, 0.15) is 19.3 Å². The Labute approximate surface area is 116 Å². The molecule has 4 heteroatoms. The summed E-state index contributed by atoms with van der Waals surface area (Å²) in [7, 11) is 0. The zero-order valence-electron chi connectivity index (χ0n) is 10.4. The van der Waals surface area contributed by atoms with Crippen molar-refractivity contribution in [1.29, 1.82) is 0 Å². The fourth-order valence-electron chi connectivity index (χ4n) is 2.77. The van der Waals surface area contributed by atoms with Crippen LogP contribution in [-0.2, 0) is 0 Å². The molecule has 2 N–H and O–H groups in total. The summed E-state index contributed by atoms with van der Waals surface area (Å²) in [5, 5.41) is 13.3. The molecule has 1 aromatic rings. The second-order valence-corrected chi connectivity index (χ2v) is 6.44. The number of nitrogens with zero attached hydrogens (tertiary/aromatic N) is 1. The number of nitrogens with one attached hydrogen (secondary N) is 1. The van der Waals surface area contributed by atoms with Gasteiger partial charge in [0.1, 0.15) is 0 Å². The molecule has 1 aliphatic carbocycles. The molecule has 1 atom stereocenters. The van der Waals surface area contributed by atoms with Crippen molar-refractivity contribution in [3.8, 4) is 0 Å². The lowest BCUT2D eigenvalue weighted by molar-refractivity contribution is 0.205. The summed E-state index contributed by atoms with van der Waals surface area (Å²) < 4.78 is 1.08. The highest BCUT2D eigenvalue weighted by Gasteiger charge is 2.42. The molecular formula is C14H19BrN2O. The molecular weight excluding hydrogens is 292 g/mol. The number of rotatable bonds is 4. The highest BCUT2D eigenvalue weighted by atomic mass is 79.9. The van der Waals surface area contributed by atoms with Gasteiger partial charge < -0.3 is 10.4 Å². The van der Waals surface area contributed by atoms with E-state index in [0.717, 1.165) is 35.7 Å². The predicted molar refractivity (Wildman–Crippen MR) is 76.8 cm³/mol. The van der Waals surface area contributed by atoms with E-state index in [1.165, 1.54) is 12.8 Å². The molecule has 98 valence electrons. The highest BCUT2D eigenvalue weighted by molar-refractivity contribution is 9.10. The molecule has 1 unspecified atom stereocenters. The fraction of sp³-hybridized carbons (Fsp3) is 0.571. The first-order chi connectivity index (χ1) is 8.71. The third-order valence-corrected chi connectivity index (χ3v) is 4.53. The summed E-state index contributed by atoms with van der Waals surface area (Å²) in [6.07, 6.45) is 3.69. The van der Waals surface area contributed by atoms with Gasteiger partial charge in [-0.1, -0.05) is 15.9 Å². The largest absolute Gasteiger partial charge is 0.394 e. The molecule has 18 heavy (non-hydrogen) atoms. The maximum Gasteiger partial charge on any atom is 0.0742 e. The molecule has 0 amide bonds. The van der Waals surface area contributed by atoms with Crippen LogP contribution in [0.15, 0.2) is 28.7 Å². The molecule has 3 rings (SSSR count). The van der Waals surface area contributed by atoms with Gasteiger partial charge in [-0.3, -0.25) is 4.90 Å². The Balaban J connectivity index is 1.70. The van der Waals surface area contributed by atoms with Gasteiger partial charge >= 0.3 is 0 Å². The lowest BCUT2D eigenvalue weighted by Gasteiger charge is -2.30. The van der Waals surface area contributed by atoms with Gasteiger partial charge in [0, 0.05) is 29.3 Å². The van der Waals surface area contributed by atoms with E-state index in [-0.39, 0.29) is 12.1 Å². The van der Waals surface area contributed by atoms with E-state index in [9.17, 15) is 5.11 Å². The van der Waals surface area contributed by atoms with Gasteiger partial charge in [0.05, 0.1) is 12.1 Å². The van der Waals surface area contributed by atoms with Crippen LogP contribution in [0.2, 0.25) is 0 Å². The zero-order chi connectivity index (χ0) is 12.6. The van der Waals surface area contributed by atoms with Crippen LogP contribution in [-0.4, -0.2) is 41.3 Å². The van der Waals surface area contributed by atoms with Crippen LogP contribution >= 0.6 is 15.9 Å². The molecule has 1 heterocycles. The SMILES string of the molecule is OCC1(Nc2ccc(Br)cc2)CCN(C2CC2)C1. The second kappa shape index (κ2) is 4.83. The molecule has 2 aliphatic rings. The van der Waals surface area contributed by atoms with Crippen molar-refractivity contribution in [1.82, 2.24) is 4.90 Å². The third-order valence-electron chi connectivity index (χ3n) is 4.00. The van der Waals surface area contributed by atoms with Crippen molar-refractivity contribution in [2.75, 3.05) is 25.0 Å². The van der Waals surface area contributed by atoms with E-state index in [2.05, 4.69) is 38.3 Å². The monoisotopic (exact) mass is 310 g/mol. The van der Waals surface area contributed by atoms with Gasteiger partial charge in [0.15, 0.2) is 0 Å². The molecule has 0 bridgehead atoms. The van der Waals surface area contributed by atoms with E-state index in [4.69, 9.17) is 0 Å². The number of aliphatic hydroxyl groups excluding tert-OH is 1. The average Bonchev–Trinajstić information content (AvgIpc) is 3.15. The Hall–Kier alpha value is -0.580. The Bertz CT molecular complexity index is 418. The molecule has 2 fully saturated rings. The molecule has 1 aliphatic heterocycles. The molecule has 0 radical (unpaired) electrons. The van der Waals surface area contributed by atoms with Gasteiger partial charge in [-0.15, -0.1) is 0 Å². The molecule has 3 nitrogen and oxygen atoms in total. The molecule has 1 saturated carbocycles. The Morgan fingerprint density at radius 2 is 2.06 bits per heavy atom. The van der Waals surface area contributed by atoms with Crippen LogP contribution in [0.4, 0.5) is 5.69 Å². The average molecular weight is 311 g/mol. The highest BCUT2D eigenvalue weighted by Crippen LogP contribution is 2.35. The van der Waals surface area contributed by atoms with Gasteiger partial charge in [0.25, 0.3) is 0 Å². The van der Waals surface area contributed by atoms with E-state index in [0.29, 0.717) is 0 Å². The topological polar surface area (TPSA) is 35.5 Å². The van der Waals surface area contributed by atoms with Crippen molar-refractivity contribution in [3.05, 3.63) is 28.7 Å². The summed E-state index contributed by atoms with van der Waals surface area (Å²) in [5.74, 6) is 0. The normalized spacial score (nSPS) is 28.6. The predicted octanol–water partition coefficient (Wildman–Crippen LogP) is 2.46. The van der Waals surface area contributed by atoms with Crippen LogP contribution in [0.5, 0.6) is 0 Å². The van der Waals surface area contributed by atoms with Crippen LogP contribution in [0.3, 0.4) is 0 Å². The molecule has 1 aromatic carbocycles. The first-order valence-corrected chi connectivity index (χ1v) is 7.39. The number of aliphatic hydroxyl groups is 1. The minimum Gasteiger partial charge on any atom is -0.394 e. The number of hydrogen-bond acceptors (Lipinski definition) is 3. The molecule has 0 spiro atoms. The van der Waals surface area contributed by atoms with Crippen molar-refractivity contribution in [2.45, 2.75) is 30.8 Å². The maximum absolute atomic E-state index is 9.75. The smallest absolute Gasteiger partial charge is 0.0742 e. The quantitative estimate of drug-likeness (QED) is 0.897. The number of benzene rings is 1. The Kier molecular flexibility index (Phi) is 3.34. The van der Waals surface area contributed by atoms with Crippen molar-refractivity contribution in [3.63, 3.8) is 0 Å². The number of hydrogen-bond donors (Lipinski definition) is 2. The minimum absolute atomic E-state index is 0.156. The molecule has 0 aromatic heterocycles. The summed E-state index contributed by atoms with van der Waals surface area (Å²) in [6.45, 7) is 2.27. The zero-order valence-corrected chi connectivity index (χ0v) is 12.0. The van der Waals surface area contributed by atoms with Gasteiger partial charge in [0.2, 0.25) is 0 Å². The van der Waals surface area contributed by atoms with Gasteiger partial charge in [-0.25, -0.2) is 0 Å². The molecule has 1 saturated heterocycles. The summed E-state index contributed by atoms with van der Waals surface area (Å²) in [6, 6.07) is 8.95. The summed E-state index contributed by atoms with van der Waals surface area (Å²) in [4.78, 5) is 2.52. The van der Waals surface area contributed by atoms with E-state index in [1.54, 1.807) is 0 Å². The number of anilines is 1. The summed E-state index contributed by atoms with van der Waals surface area (Å²) in [5.41, 5.74) is 0.932. The summed E-state index contributed by atoms with van der Waals surface area (Å²) >= 11 is 3.44. The first-order valence-electron chi connectivity index (χ1n) is 6.59. The van der Waals surface area contributed by atoms with Crippen LogP contribution < -0.4 is 5.32 Å². The lowest BCUT2D eigenvalue weighted by atomic mass is 9.99. The third kappa shape index (κ3) is 2.56. The van der Waals surface area contributed by atoms with E-state index >= 15 is 0 Å². The van der Waals surface area contributed by atoms with Crippen molar-refractivity contribution in [2.24, 2.45) is 0 Å². The number of halogens is 1. The second-order valence-electron chi connectivity index (χ2n) is 5.52. The van der Waals surface area contributed by atoms with Crippen molar-refractivity contribution >= 4 is 21.6 Å². The fourth-order valence-corrected chi connectivity index (χ4v) is 3.03. The van der Waals surface area contributed by atoms with Gasteiger partial charge in [-0.05, 0) is 43.5 Å². The lowest BCUT2D eigenvalue weighted by Crippen LogP contribution is -2.45. The maximum atomic E-state index is 9.75. The van der Waals surface area contributed by atoms with E-state index in [1.807, 2.05) is 12.1 Å². The standard InChI is InChI=1S/C14H19BrN2O/c15-11-1-3-12(4-2-11)16-14(10-18)7-8-17(9-14)13-5-6-13/h1-4,13,16,18H,5-10H2. The minimum atomic E-state index is -0.156. The van der Waals surface area contributed by atoms with E-state index < -0.39 is 0 Å². The Morgan fingerprint density at radius 3 is 2.67 bits per heavy atom. The first kappa shape index (κ1) is 12.5. The van der Waals surface area contributed by atoms with Crippen LogP contribution in [0, 0.1) is 0 Å². The van der Waals surface area contributed by atoms with Gasteiger partial charge in [-0.2, -0.15) is 0 Å².